The molecule has 1 aromatic rings. The molecule has 1 aromatic heterocycles. The number of thiazole rings is 1. The Balaban J connectivity index is 1.83. The average molecular weight is 312 g/mol. The molecule has 1 unspecified atom stereocenters. The number of hydrogen-bond donors (Lipinski definition) is 3. The molecule has 10 heteroatoms. The normalized spacial score (nSPS) is 18.0. The smallest absolute Gasteiger partial charge is 0.355 e. The van der Waals surface area contributed by atoms with E-state index in [9.17, 15) is 19.2 Å². The van der Waals surface area contributed by atoms with Crippen LogP contribution in [0.25, 0.3) is 0 Å². The van der Waals surface area contributed by atoms with Crippen LogP contribution in [-0.4, -0.2) is 51.9 Å². The van der Waals surface area contributed by atoms with Crippen molar-refractivity contribution >= 4 is 35.2 Å². The lowest BCUT2D eigenvalue weighted by atomic mass is 10.2. The van der Waals surface area contributed by atoms with Gasteiger partial charge in [-0.3, -0.25) is 14.5 Å². The predicted octanol–water partition coefficient (Wildman–Crippen LogP) is -0.602. The molecule has 0 aliphatic carbocycles. The van der Waals surface area contributed by atoms with Gasteiger partial charge in [0.15, 0.2) is 5.69 Å². The predicted molar refractivity (Wildman–Crippen MR) is 70.6 cm³/mol. The second-order valence-electron chi connectivity index (χ2n) is 4.31. The molecular formula is C11H12N4O5S. The number of likely N-dealkylation sites (N-methyl/N-ethyl adjacent to an activating group) is 1. The van der Waals surface area contributed by atoms with E-state index in [1.54, 1.807) is 0 Å². The number of aromatic carboxylic acids is 1. The average Bonchev–Trinajstić information content (AvgIpc) is 2.99. The van der Waals surface area contributed by atoms with Crippen molar-refractivity contribution in [1.29, 1.82) is 0 Å². The van der Waals surface area contributed by atoms with Gasteiger partial charge in [-0.25, -0.2) is 14.6 Å². The maximum absolute atomic E-state index is 11.6. The van der Waals surface area contributed by atoms with Gasteiger partial charge in [-0.2, -0.15) is 0 Å². The zero-order chi connectivity index (χ0) is 15.6. The van der Waals surface area contributed by atoms with Crippen molar-refractivity contribution in [3.8, 4) is 0 Å². The Bertz CT molecular complexity index is 614. The summed E-state index contributed by atoms with van der Waals surface area (Å²) >= 11 is 1.10. The second kappa shape index (κ2) is 5.87. The number of carbonyl (C=O) groups excluding carboxylic acids is 3. The Morgan fingerprint density at radius 1 is 1.52 bits per heavy atom. The number of nitrogens with zero attached hydrogens (tertiary/aromatic N) is 2. The molecule has 1 atom stereocenters. The summed E-state index contributed by atoms with van der Waals surface area (Å²) in [6, 6.07) is -1.49. The summed E-state index contributed by atoms with van der Waals surface area (Å²) in [5, 5.41) is 15.3. The van der Waals surface area contributed by atoms with Gasteiger partial charge in [0, 0.05) is 12.4 Å². The van der Waals surface area contributed by atoms with Crippen LogP contribution in [0.15, 0.2) is 5.38 Å². The Morgan fingerprint density at radius 2 is 2.24 bits per heavy atom. The fourth-order valence-corrected chi connectivity index (χ4v) is 2.43. The van der Waals surface area contributed by atoms with Crippen molar-refractivity contribution < 1.29 is 24.3 Å². The summed E-state index contributed by atoms with van der Waals surface area (Å²) in [5.41, 5.74) is -0.0876. The molecule has 4 amide bonds. The monoisotopic (exact) mass is 312 g/mol. The minimum Gasteiger partial charge on any atom is -0.476 e. The van der Waals surface area contributed by atoms with E-state index >= 15 is 0 Å². The number of carboxylic acids is 1. The molecule has 2 rings (SSSR count). The third-order valence-corrected chi connectivity index (χ3v) is 3.71. The lowest BCUT2D eigenvalue weighted by Crippen LogP contribution is -2.45. The van der Waals surface area contributed by atoms with Crippen molar-refractivity contribution in [1.82, 2.24) is 20.5 Å². The Morgan fingerprint density at radius 3 is 2.76 bits per heavy atom. The van der Waals surface area contributed by atoms with Gasteiger partial charge >= 0.3 is 12.0 Å². The fraction of sp³-hybridized carbons (Fsp3) is 0.364. The largest absolute Gasteiger partial charge is 0.476 e. The Labute approximate surface area is 123 Å². The molecule has 21 heavy (non-hydrogen) atoms. The van der Waals surface area contributed by atoms with Crippen LogP contribution in [0.3, 0.4) is 0 Å². The Hall–Kier alpha value is -2.49. The summed E-state index contributed by atoms with van der Waals surface area (Å²) in [6.45, 7) is 0.0362. The third-order valence-electron chi connectivity index (χ3n) is 2.86. The van der Waals surface area contributed by atoms with Gasteiger partial charge in [0.2, 0.25) is 5.91 Å². The number of amides is 4. The molecule has 3 N–H and O–H groups in total. The zero-order valence-electron chi connectivity index (χ0n) is 11.0. The molecule has 1 aliphatic rings. The highest BCUT2D eigenvalue weighted by atomic mass is 32.1. The quantitative estimate of drug-likeness (QED) is 0.637. The molecule has 9 nitrogen and oxygen atoms in total. The van der Waals surface area contributed by atoms with Crippen molar-refractivity contribution in [2.24, 2.45) is 0 Å². The van der Waals surface area contributed by atoms with E-state index in [0.717, 1.165) is 16.2 Å². The Kier molecular flexibility index (Phi) is 4.17. The number of nitrogens with one attached hydrogen (secondary N) is 2. The molecule has 1 fully saturated rings. The first-order valence-corrected chi connectivity index (χ1v) is 6.79. The number of carboxylic acid groups (broad SMARTS) is 1. The van der Waals surface area contributed by atoms with Crippen LogP contribution in [0, 0.1) is 0 Å². The summed E-state index contributed by atoms with van der Waals surface area (Å²) in [6.07, 6.45) is -0.0663. The first-order chi connectivity index (χ1) is 9.88. The minimum absolute atomic E-state index is 0.0362. The van der Waals surface area contributed by atoms with Crippen molar-refractivity contribution in [3.05, 3.63) is 16.1 Å². The maximum atomic E-state index is 11.6. The number of aromatic nitrogens is 1. The third kappa shape index (κ3) is 3.34. The van der Waals surface area contributed by atoms with Gasteiger partial charge < -0.3 is 15.7 Å². The summed E-state index contributed by atoms with van der Waals surface area (Å²) in [5.74, 6) is -1.95. The maximum Gasteiger partial charge on any atom is 0.355 e. The zero-order valence-corrected chi connectivity index (χ0v) is 11.8. The SMILES string of the molecule is CN1C(=O)CC(NC(=O)NCc2nc(C(=O)O)cs2)C1=O. The van der Waals surface area contributed by atoms with Crippen molar-refractivity contribution in [3.63, 3.8) is 0 Å². The molecule has 0 bridgehead atoms. The number of urea groups is 1. The minimum atomic E-state index is -1.14. The van der Waals surface area contributed by atoms with E-state index in [2.05, 4.69) is 15.6 Å². The van der Waals surface area contributed by atoms with Crippen LogP contribution in [0.5, 0.6) is 0 Å². The molecule has 1 saturated heterocycles. The molecule has 0 spiro atoms. The highest BCUT2D eigenvalue weighted by Crippen LogP contribution is 2.11. The van der Waals surface area contributed by atoms with Crippen molar-refractivity contribution in [2.75, 3.05) is 7.05 Å². The van der Waals surface area contributed by atoms with Gasteiger partial charge in [0.1, 0.15) is 11.0 Å². The lowest BCUT2D eigenvalue weighted by Gasteiger charge is -2.11. The van der Waals surface area contributed by atoms with Crippen LogP contribution >= 0.6 is 11.3 Å². The summed E-state index contributed by atoms with van der Waals surface area (Å²) in [7, 11) is 1.35. The standard InChI is InChI=1S/C11H12N4O5S/c1-15-8(16)2-5(9(15)17)14-11(20)12-3-7-13-6(4-21-7)10(18)19/h4-5H,2-3H2,1H3,(H,18,19)(H2,12,14,20). The van der Waals surface area contributed by atoms with E-state index in [1.807, 2.05) is 0 Å². The van der Waals surface area contributed by atoms with E-state index in [-0.39, 0.29) is 24.6 Å². The summed E-state index contributed by atoms with van der Waals surface area (Å²) < 4.78 is 0. The molecule has 2 heterocycles. The topological polar surface area (TPSA) is 129 Å². The summed E-state index contributed by atoms with van der Waals surface area (Å²) in [4.78, 5) is 49.9. The molecule has 112 valence electrons. The molecule has 0 saturated carbocycles. The molecule has 0 aromatic carbocycles. The van der Waals surface area contributed by atoms with E-state index < -0.39 is 23.9 Å². The van der Waals surface area contributed by atoms with Gasteiger partial charge in [0.25, 0.3) is 5.91 Å². The number of hydrogen-bond acceptors (Lipinski definition) is 6. The number of rotatable bonds is 4. The van der Waals surface area contributed by atoms with Gasteiger partial charge in [-0.15, -0.1) is 11.3 Å². The molecular weight excluding hydrogens is 300 g/mol. The van der Waals surface area contributed by atoms with Gasteiger partial charge in [0.05, 0.1) is 13.0 Å². The first-order valence-electron chi connectivity index (χ1n) is 5.91. The van der Waals surface area contributed by atoms with Gasteiger partial charge in [-0.1, -0.05) is 0 Å². The van der Waals surface area contributed by atoms with E-state index in [4.69, 9.17) is 5.11 Å². The molecule has 0 radical (unpaired) electrons. The fourth-order valence-electron chi connectivity index (χ4n) is 1.72. The van der Waals surface area contributed by atoms with Crippen LogP contribution in [0.4, 0.5) is 4.79 Å². The highest BCUT2D eigenvalue weighted by Gasteiger charge is 2.36. The van der Waals surface area contributed by atoms with Crippen LogP contribution in [0.1, 0.15) is 21.9 Å². The van der Waals surface area contributed by atoms with Gasteiger partial charge in [-0.05, 0) is 0 Å². The number of imide groups is 1. The number of carbonyl (C=O) groups is 4. The lowest BCUT2D eigenvalue weighted by molar-refractivity contribution is -0.137. The van der Waals surface area contributed by atoms with Crippen LogP contribution in [0.2, 0.25) is 0 Å². The van der Waals surface area contributed by atoms with Crippen LogP contribution < -0.4 is 10.6 Å². The van der Waals surface area contributed by atoms with E-state index in [1.165, 1.54) is 12.4 Å². The van der Waals surface area contributed by atoms with Crippen LogP contribution in [-0.2, 0) is 16.1 Å². The van der Waals surface area contributed by atoms with Crippen molar-refractivity contribution in [2.45, 2.75) is 19.0 Å². The molecule has 1 aliphatic heterocycles. The van der Waals surface area contributed by atoms with E-state index in [0.29, 0.717) is 5.01 Å². The highest BCUT2D eigenvalue weighted by molar-refractivity contribution is 7.09. The second-order valence-corrected chi connectivity index (χ2v) is 5.25. The number of likely N-dealkylation sites (tertiary alicyclic amines) is 1. The first kappa shape index (κ1) is 14.9.